The van der Waals surface area contributed by atoms with Crippen molar-refractivity contribution in [1.82, 2.24) is 10.3 Å². The van der Waals surface area contributed by atoms with Crippen molar-refractivity contribution < 1.29 is 23.8 Å². The fraction of sp³-hybridized carbons (Fsp3) is 0.150. The molecular formula is C20H17FN2O4S. The Morgan fingerprint density at radius 1 is 1.25 bits per heavy atom. The van der Waals surface area contributed by atoms with E-state index in [0.717, 1.165) is 11.3 Å². The first-order valence-electron chi connectivity index (χ1n) is 8.35. The van der Waals surface area contributed by atoms with Crippen LogP contribution in [0.25, 0.3) is 10.6 Å². The molecule has 1 amide bonds. The number of carboxylic acids is 1. The molecule has 28 heavy (non-hydrogen) atoms. The van der Waals surface area contributed by atoms with Gasteiger partial charge in [0.25, 0.3) is 5.91 Å². The van der Waals surface area contributed by atoms with Crippen molar-refractivity contribution in [3.05, 3.63) is 71.0 Å². The lowest BCUT2D eigenvalue weighted by atomic mass is 10.0. The fourth-order valence-corrected chi connectivity index (χ4v) is 3.48. The molecule has 1 unspecified atom stereocenters. The Morgan fingerprint density at radius 2 is 2.04 bits per heavy atom. The first kappa shape index (κ1) is 19.5. The number of methoxy groups -OCH3 is 1. The van der Waals surface area contributed by atoms with Crippen molar-refractivity contribution in [3.8, 4) is 16.3 Å². The summed E-state index contributed by atoms with van der Waals surface area (Å²) in [6.45, 7) is 0. The molecular weight excluding hydrogens is 383 g/mol. The number of hydrogen-bond acceptors (Lipinski definition) is 5. The van der Waals surface area contributed by atoms with Crippen molar-refractivity contribution >= 4 is 23.2 Å². The Morgan fingerprint density at radius 3 is 2.75 bits per heavy atom. The fourth-order valence-electron chi connectivity index (χ4n) is 2.65. The van der Waals surface area contributed by atoms with Crippen molar-refractivity contribution in [2.45, 2.75) is 12.5 Å². The highest BCUT2D eigenvalue weighted by atomic mass is 32.1. The number of benzene rings is 2. The number of rotatable bonds is 7. The normalized spacial score (nSPS) is 11.6. The summed E-state index contributed by atoms with van der Waals surface area (Å²) >= 11 is 1.14. The highest BCUT2D eigenvalue weighted by Gasteiger charge is 2.21. The van der Waals surface area contributed by atoms with E-state index in [-0.39, 0.29) is 12.1 Å². The third-order valence-electron chi connectivity index (χ3n) is 4.02. The summed E-state index contributed by atoms with van der Waals surface area (Å²) in [6, 6.07) is 12.2. The Bertz CT molecular complexity index is 1010. The summed E-state index contributed by atoms with van der Waals surface area (Å²) in [5, 5.41) is 13.8. The van der Waals surface area contributed by atoms with Crippen LogP contribution in [0.4, 0.5) is 4.39 Å². The van der Waals surface area contributed by atoms with Crippen LogP contribution in [0.3, 0.4) is 0 Å². The number of hydrogen-bond donors (Lipinski definition) is 2. The Labute approximate surface area is 164 Å². The minimum Gasteiger partial charge on any atom is -0.497 e. The number of carbonyl (C=O) groups excluding carboxylic acids is 1. The van der Waals surface area contributed by atoms with E-state index in [0.29, 0.717) is 21.9 Å². The Balaban J connectivity index is 1.82. The van der Waals surface area contributed by atoms with Crippen molar-refractivity contribution in [3.63, 3.8) is 0 Å². The number of ether oxygens (including phenoxy) is 1. The van der Waals surface area contributed by atoms with Gasteiger partial charge in [-0.1, -0.05) is 24.3 Å². The summed E-state index contributed by atoms with van der Waals surface area (Å²) in [7, 11) is 1.50. The first-order chi connectivity index (χ1) is 13.5. The first-order valence-corrected chi connectivity index (χ1v) is 9.23. The number of carbonyl (C=O) groups is 2. The molecule has 3 aromatic rings. The standard InChI is InChI=1S/C20H17FN2O4S/c1-27-13-6-4-5-12(9-13)16(10-18(24)25)22-19(26)17-11-28-20(23-17)14-7-2-3-8-15(14)21/h2-9,11,16H,10H2,1H3,(H,22,26)(H,24,25). The van der Waals surface area contributed by atoms with Crippen LogP contribution in [0, 0.1) is 5.82 Å². The van der Waals surface area contributed by atoms with Gasteiger partial charge in [-0.25, -0.2) is 9.37 Å². The largest absolute Gasteiger partial charge is 0.497 e. The van der Waals surface area contributed by atoms with Gasteiger partial charge in [0.2, 0.25) is 0 Å². The quantitative estimate of drug-likeness (QED) is 0.628. The molecule has 3 rings (SSSR count). The van der Waals surface area contributed by atoms with E-state index in [1.54, 1.807) is 42.5 Å². The second kappa shape index (κ2) is 8.62. The van der Waals surface area contributed by atoms with Gasteiger partial charge in [0.1, 0.15) is 22.3 Å². The van der Waals surface area contributed by atoms with Gasteiger partial charge in [-0.3, -0.25) is 9.59 Å². The zero-order valence-corrected chi connectivity index (χ0v) is 15.7. The van der Waals surface area contributed by atoms with Crippen LogP contribution in [0.15, 0.2) is 53.9 Å². The summed E-state index contributed by atoms with van der Waals surface area (Å²) < 4.78 is 19.1. The molecule has 1 heterocycles. The summed E-state index contributed by atoms with van der Waals surface area (Å²) in [4.78, 5) is 28.0. The molecule has 2 aromatic carbocycles. The number of carboxylic acid groups (broad SMARTS) is 1. The van der Waals surface area contributed by atoms with Gasteiger partial charge >= 0.3 is 5.97 Å². The number of halogens is 1. The lowest BCUT2D eigenvalue weighted by molar-refractivity contribution is -0.137. The van der Waals surface area contributed by atoms with Crippen LogP contribution >= 0.6 is 11.3 Å². The zero-order valence-electron chi connectivity index (χ0n) is 14.9. The van der Waals surface area contributed by atoms with Crippen molar-refractivity contribution in [1.29, 1.82) is 0 Å². The molecule has 0 aliphatic heterocycles. The molecule has 144 valence electrons. The molecule has 1 atom stereocenters. The lowest BCUT2D eigenvalue weighted by Gasteiger charge is -2.17. The molecule has 0 fully saturated rings. The molecule has 0 aliphatic rings. The molecule has 0 saturated carbocycles. The number of aromatic nitrogens is 1. The molecule has 2 N–H and O–H groups in total. The zero-order chi connectivity index (χ0) is 20.1. The molecule has 0 spiro atoms. The SMILES string of the molecule is COc1cccc(C(CC(=O)O)NC(=O)c2csc(-c3ccccc3F)n2)c1. The number of amides is 1. The molecule has 1 aromatic heterocycles. The van der Waals surface area contributed by atoms with Crippen molar-refractivity contribution in [2.75, 3.05) is 7.11 Å². The second-order valence-corrected chi connectivity index (χ2v) is 6.78. The van der Waals surface area contributed by atoms with Gasteiger partial charge in [-0.05, 0) is 29.8 Å². The number of thiazole rings is 1. The maximum Gasteiger partial charge on any atom is 0.305 e. The molecule has 8 heteroatoms. The van der Waals surface area contributed by atoms with Crippen molar-refractivity contribution in [2.24, 2.45) is 0 Å². The van der Waals surface area contributed by atoms with Gasteiger partial charge in [-0.15, -0.1) is 11.3 Å². The van der Waals surface area contributed by atoms with E-state index in [2.05, 4.69) is 10.3 Å². The van der Waals surface area contributed by atoms with Crippen LogP contribution < -0.4 is 10.1 Å². The van der Waals surface area contributed by atoms with Crippen LogP contribution in [0.1, 0.15) is 28.5 Å². The maximum atomic E-state index is 13.9. The molecule has 0 bridgehead atoms. The van der Waals surface area contributed by atoms with Crippen LogP contribution in [-0.4, -0.2) is 29.1 Å². The number of nitrogens with one attached hydrogen (secondary N) is 1. The van der Waals surface area contributed by atoms with Gasteiger partial charge in [0.05, 0.1) is 19.6 Å². The summed E-state index contributed by atoms with van der Waals surface area (Å²) in [6.07, 6.45) is -0.302. The van der Waals surface area contributed by atoms with E-state index in [4.69, 9.17) is 4.74 Å². The lowest BCUT2D eigenvalue weighted by Crippen LogP contribution is -2.30. The average Bonchev–Trinajstić information content (AvgIpc) is 3.17. The second-order valence-electron chi connectivity index (χ2n) is 5.92. The van der Waals surface area contributed by atoms with E-state index >= 15 is 0 Å². The average molecular weight is 400 g/mol. The van der Waals surface area contributed by atoms with Gasteiger partial charge in [0.15, 0.2) is 0 Å². The minimum atomic E-state index is -1.06. The summed E-state index contributed by atoms with van der Waals surface area (Å²) in [5.41, 5.74) is 1.00. The monoisotopic (exact) mass is 400 g/mol. The Kier molecular flexibility index (Phi) is 6.00. The number of aliphatic carboxylic acids is 1. The van der Waals surface area contributed by atoms with E-state index in [1.165, 1.54) is 18.6 Å². The Hall–Kier alpha value is -3.26. The highest BCUT2D eigenvalue weighted by molar-refractivity contribution is 7.13. The third kappa shape index (κ3) is 4.52. The highest BCUT2D eigenvalue weighted by Crippen LogP contribution is 2.27. The smallest absolute Gasteiger partial charge is 0.305 e. The van der Waals surface area contributed by atoms with Gasteiger partial charge in [-0.2, -0.15) is 0 Å². The number of nitrogens with zero attached hydrogens (tertiary/aromatic N) is 1. The van der Waals surface area contributed by atoms with Crippen LogP contribution in [0.5, 0.6) is 5.75 Å². The van der Waals surface area contributed by atoms with Gasteiger partial charge in [0, 0.05) is 10.9 Å². The van der Waals surface area contributed by atoms with Crippen LogP contribution in [0.2, 0.25) is 0 Å². The molecule has 6 nitrogen and oxygen atoms in total. The minimum absolute atomic E-state index is 0.0986. The predicted molar refractivity (Wildman–Crippen MR) is 103 cm³/mol. The molecule has 0 saturated heterocycles. The maximum absolute atomic E-state index is 13.9. The molecule has 0 radical (unpaired) electrons. The topological polar surface area (TPSA) is 88.5 Å². The van der Waals surface area contributed by atoms with E-state index < -0.39 is 23.7 Å². The molecule has 0 aliphatic carbocycles. The third-order valence-corrected chi connectivity index (χ3v) is 4.90. The predicted octanol–water partition coefficient (Wildman–Crippen LogP) is 3.90. The summed E-state index contributed by atoms with van der Waals surface area (Å²) in [5.74, 6) is -1.46. The van der Waals surface area contributed by atoms with E-state index in [1.807, 2.05) is 0 Å². The van der Waals surface area contributed by atoms with Gasteiger partial charge < -0.3 is 15.2 Å². The van der Waals surface area contributed by atoms with E-state index in [9.17, 15) is 19.1 Å². The van der Waals surface area contributed by atoms with Crippen LogP contribution in [-0.2, 0) is 4.79 Å².